The largest absolute Gasteiger partial charge is 0.334 e. The molecule has 0 aliphatic heterocycles. The van der Waals surface area contributed by atoms with E-state index in [4.69, 9.17) is 0 Å². The molecule has 0 fully saturated rings. The summed E-state index contributed by atoms with van der Waals surface area (Å²) in [5.74, 6) is 0. The fourth-order valence-corrected chi connectivity index (χ4v) is 9.97. The minimum absolute atomic E-state index is 0.152. The van der Waals surface area contributed by atoms with E-state index in [2.05, 4.69) is 276 Å². The van der Waals surface area contributed by atoms with Crippen LogP contribution in [0.4, 0.5) is 28.4 Å². The highest BCUT2D eigenvalue weighted by Crippen LogP contribution is 2.42. The van der Waals surface area contributed by atoms with Crippen LogP contribution in [0.1, 0.15) is 45.4 Å². The molecule has 2 nitrogen and oxygen atoms in total. The van der Waals surface area contributed by atoms with Crippen LogP contribution in [0.15, 0.2) is 224 Å². The van der Waals surface area contributed by atoms with E-state index >= 15 is 0 Å². The average Bonchev–Trinajstić information content (AvgIpc) is 3.36. The van der Waals surface area contributed by atoms with E-state index in [-0.39, 0.29) is 6.04 Å². The molecule has 9 aromatic carbocycles. The van der Waals surface area contributed by atoms with Gasteiger partial charge in [-0.1, -0.05) is 186 Å². The first-order chi connectivity index (χ1) is 33.1. The lowest BCUT2D eigenvalue weighted by molar-refractivity contribution is 0.782. The Morgan fingerprint density at radius 3 is 1.06 bits per heavy atom. The Morgan fingerprint density at radius 1 is 0.338 bits per heavy atom. The van der Waals surface area contributed by atoms with Crippen LogP contribution in [-0.2, 0) is 0 Å². The molecule has 10 rings (SSSR count). The molecular formula is C66H58N2. The summed E-state index contributed by atoms with van der Waals surface area (Å²) in [5.41, 5.74) is 25.6. The normalized spacial score (nSPS) is 13.3. The van der Waals surface area contributed by atoms with Crippen molar-refractivity contribution in [2.75, 3.05) is 9.80 Å². The van der Waals surface area contributed by atoms with Gasteiger partial charge in [0.1, 0.15) is 0 Å². The molecule has 1 unspecified atom stereocenters. The summed E-state index contributed by atoms with van der Waals surface area (Å²) >= 11 is 0. The highest BCUT2D eigenvalue weighted by atomic mass is 15.2. The third-order valence-electron chi connectivity index (χ3n) is 13.4. The van der Waals surface area contributed by atoms with Crippen LogP contribution >= 0.6 is 0 Å². The molecule has 0 heterocycles. The molecule has 9 aromatic rings. The molecule has 1 aliphatic carbocycles. The van der Waals surface area contributed by atoms with Gasteiger partial charge in [-0.2, -0.15) is 0 Å². The second-order valence-corrected chi connectivity index (χ2v) is 18.7. The maximum Gasteiger partial charge on any atom is 0.0560 e. The van der Waals surface area contributed by atoms with Crippen LogP contribution in [0.3, 0.4) is 0 Å². The van der Waals surface area contributed by atoms with Crippen LogP contribution in [0.5, 0.6) is 0 Å². The van der Waals surface area contributed by atoms with E-state index in [1.807, 2.05) is 0 Å². The third kappa shape index (κ3) is 9.37. The summed E-state index contributed by atoms with van der Waals surface area (Å²) in [7, 11) is 0. The first-order valence-corrected chi connectivity index (χ1v) is 23.9. The Labute approximate surface area is 403 Å². The molecule has 2 heteroatoms. The Hall–Kier alpha value is -7.94. The van der Waals surface area contributed by atoms with Crippen LogP contribution in [0.25, 0.3) is 50.1 Å². The molecule has 1 aliphatic rings. The number of allylic oxidation sites excluding steroid dienone is 2. The molecular weight excluding hydrogens is 821 g/mol. The van der Waals surface area contributed by atoms with Crippen LogP contribution < -0.4 is 9.80 Å². The van der Waals surface area contributed by atoms with Crippen molar-refractivity contribution in [3.8, 4) is 44.5 Å². The van der Waals surface area contributed by atoms with Crippen molar-refractivity contribution >= 4 is 34.0 Å². The van der Waals surface area contributed by atoms with Gasteiger partial charge in [0, 0.05) is 28.4 Å². The summed E-state index contributed by atoms with van der Waals surface area (Å²) in [5, 5.41) is 0. The Balaban J connectivity index is 0.984. The molecule has 1 atom stereocenters. The zero-order chi connectivity index (χ0) is 46.7. The van der Waals surface area contributed by atoms with Crippen molar-refractivity contribution < 1.29 is 0 Å². The molecule has 0 spiro atoms. The van der Waals surface area contributed by atoms with Crippen molar-refractivity contribution in [2.45, 2.75) is 54.0 Å². The van der Waals surface area contributed by atoms with Crippen LogP contribution in [-0.4, -0.2) is 6.04 Å². The predicted molar refractivity (Wildman–Crippen MR) is 292 cm³/mol. The van der Waals surface area contributed by atoms with Gasteiger partial charge >= 0.3 is 0 Å². The van der Waals surface area contributed by atoms with E-state index in [0.717, 1.165) is 23.5 Å². The second-order valence-electron chi connectivity index (χ2n) is 18.7. The molecule has 0 bridgehead atoms. The summed E-state index contributed by atoms with van der Waals surface area (Å²) in [6.45, 7) is 13.2. The lowest BCUT2D eigenvalue weighted by Gasteiger charge is -2.36. The van der Waals surface area contributed by atoms with Crippen LogP contribution in [0.2, 0.25) is 0 Å². The molecule has 0 N–H and O–H groups in total. The monoisotopic (exact) mass is 878 g/mol. The zero-order valence-corrected chi connectivity index (χ0v) is 40.0. The average molecular weight is 879 g/mol. The van der Waals surface area contributed by atoms with Gasteiger partial charge in [0.25, 0.3) is 0 Å². The molecule has 0 radical (unpaired) electrons. The van der Waals surface area contributed by atoms with Gasteiger partial charge in [-0.25, -0.2) is 0 Å². The number of benzene rings is 9. The minimum Gasteiger partial charge on any atom is -0.334 e. The Kier molecular flexibility index (Phi) is 12.3. The predicted octanol–water partition coefficient (Wildman–Crippen LogP) is 18.2. The second kappa shape index (κ2) is 19.1. The third-order valence-corrected chi connectivity index (χ3v) is 13.4. The Bertz CT molecular complexity index is 3180. The molecule has 0 saturated heterocycles. The van der Waals surface area contributed by atoms with E-state index < -0.39 is 0 Å². The lowest BCUT2D eigenvalue weighted by atomic mass is 9.92. The summed E-state index contributed by atoms with van der Waals surface area (Å²) in [6.07, 6.45) is 8.03. The van der Waals surface area contributed by atoms with Gasteiger partial charge in [-0.15, -0.1) is 0 Å². The van der Waals surface area contributed by atoms with Crippen molar-refractivity contribution in [3.63, 3.8) is 0 Å². The first kappa shape index (κ1) is 43.9. The van der Waals surface area contributed by atoms with Crippen molar-refractivity contribution in [2.24, 2.45) is 0 Å². The van der Waals surface area contributed by atoms with E-state index in [1.165, 1.54) is 100 Å². The fourth-order valence-electron chi connectivity index (χ4n) is 9.97. The quantitative estimate of drug-likeness (QED) is 0.128. The summed E-state index contributed by atoms with van der Waals surface area (Å²) in [6, 6.07) is 76.1. The number of anilines is 5. The van der Waals surface area contributed by atoms with E-state index in [9.17, 15) is 0 Å². The first-order valence-electron chi connectivity index (χ1n) is 23.9. The van der Waals surface area contributed by atoms with Gasteiger partial charge in [-0.3, -0.25) is 0 Å². The molecule has 0 saturated carbocycles. The maximum absolute atomic E-state index is 2.56. The van der Waals surface area contributed by atoms with Crippen molar-refractivity contribution in [1.82, 2.24) is 0 Å². The van der Waals surface area contributed by atoms with Gasteiger partial charge in [0.2, 0.25) is 0 Å². The SMILES string of the molecule is Cc1cccc(C2=CCC(N(c3ccc(-c4cccc(C)c4)cc3)c3c(C)cc(-c4ccc(N(c5ccc(-c6cccc(C)c6)cc5)c5ccc(-c6cccc(C)c6)cc5)cc4)cc3C)C=C2)c1. The van der Waals surface area contributed by atoms with Gasteiger partial charge < -0.3 is 9.80 Å². The minimum atomic E-state index is 0.152. The number of rotatable bonds is 11. The highest BCUT2D eigenvalue weighted by Gasteiger charge is 2.25. The Morgan fingerprint density at radius 2 is 0.691 bits per heavy atom. The highest BCUT2D eigenvalue weighted by molar-refractivity contribution is 5.84. The van der Waals surface area contributed by atoms with E-state index in [0.29, 0.717) is 0 Å². The van der Waals surface area contributed by atoms with Crippen molar-refractivity contribution in [1.29, 1.82) is 0 Å². The zero-order valence-electron chi connectivity index (χ0n) is 40.0. The topological polar surface area (TPSA) is 6.48 Å². The molecule has 68 heavy (non-hydrogen) atoms. The summed E-state index contributed by atoms with van der Waals surface area (Å²) in [4.78, 5) is 4.92. The number of hydrogen-bond acceptors (Lipinski definition) is 2. The summed E-state index contributed by atoms with van der Waals surface area (Å²) < 4.78 is 0. The molecule has 332 valence electrons. The van der Waals surface area contributed by atoms with Gasteiger partial charge in [0.05, 0.1) is 6.04 Å². The standard InChI is InChI=1S/C66H58N2/c1-45-11-7-15-56(39-45)51-19-29-61(30-20-51)67(62-31-21-52(22-32-62)57-16-8-12-46(2)40-57)63-33-27-55(28-34-63)60-43-49(5)66(50(6)44-60)68(64-35-23-53(24-36-64)58-17-9-13-47(3)41-58)65-37-25-54(26-38-65)59-18-10-14-48(4)42-59/h7-37,39-44,65H,38H2,1-6H3. The van der Waals surface area contributed by atoms with Crippen molar-refractivity contribution in [3.05, 3.63) is 263 Å². The van der Waals surface area contributed by atoms with Gasteiger partial charge in [-0.05, 0) is 175 Å². The lowest BCUT2D eigenvalue weighted by Crippen LogP contribution is -2.31. The maximum atomic E-state index is 2.56. The number of hydrogen-bond donors (Lipinski definition) is 0. The number of nitrogens with zero attached hydrogens (tertiary/aromatic N) is 2. The van der Waals surface area contributed by atoms with E-state index in [1.54, 1.807) is 0 Å². The van der Waals surface area contributed by atoms with Crippen LogP contribution in [0, 0.1) is 41.5 Å². The number of aryl methyl sites for hydroxylation is 6. The molecule has 0 aromatic heterocycles. The molecule has 0 amide bonds. The fraction of sp³-hybridized carbons (Fsp3) is 0.121. The van der Waals surface area contributed by atoms with Gasteiger partial charge in [0.15, 0.2) is 0 Å². The smallest absolute Gasteiger partial charge is 0.0560 e.